The van der Waals surface area contributed by atoms with Crippen molar-refractivity contribution in [1.29, 1.82) is 0 Å². The smallest absolute Gasteiger partial charge is 0.138 e. The molecule has 0 amide bonds. The van der Waals surface area contributed by atoms with Crippen molar-refractivity contribution in [3.8, 4) is 0 Å². The van der Waals surface area contributed by atoms with Crippen molar-refractivity contribution in [3.63, 3.8) is 0 Å². The maximum atomic E-state index is 5.99. The van der Waals surface area contributed by atoms with E-state index in [0.717, 1.165) is 28.3 Å². The molecule has 0 aliphatic carbocycles. The highest BCUT2D eigenvalue weighted by Gasteiger charge is 2.02. The van der Waals surface area contributed by atoms with Crippen molar-refractivity contribution in [2.24, 2.45) is 0 Å². The van der Waals surface area contributed by atoms with E-state index in [2.05, 4.69) is 11.9 Å². The van der Waals surface area contributed by atoms with E-state index in [1.165, 1.54) is 0 Å². The van der Waals surface area contributed by atoms with Gasteiger partial charge in [0.05, 0.1) is 5.69 Å². The molecule has 0 bridgehead atoms. The number of aryl methyl sites for hydroxylation is 2. The van der Waals surface area contributed by atoms with Crippen LogP contribution in [-0.2, 0) is 6.42 Å². The largest absolute Gasteiger partial charge is 0.306 e. The first-order valence-electron chi connectivity index (χ1n) is 4.34. The van der Waals surface area contributed by atoms with E-state index >= 15 is 0 Å². The van der Waals surface area contributed by atoms with Gasteiger partial charge in [-0.1, -0.05) is 18.5 Å². The Kier molecular flexibility index (Phi) is 2.00. The van der Waals surface area contributed by atoms with Crippen LogP contribution in [0.1, 0.15) is 18.2 Å². The summed E-state index contributed by atoms with van der Waals surface area (Å²) in [6.45, 7) is 4.09. The molecule has 0 atom stereocenters. The van der Waals surface area contributed by atoms with E-state index in [1.807, 2.05) is 29.8 Å². The van der Waals surface area contributed by atoms with Crippen molar-refractivity contribution in [3.05, 3.63) is 34.7 Å². The molecule has 0 radical (unpaired) electrons. The third-order valence-electron chi connectivity index (χ3n) is 2.14. The summed E-state index contributed by atoms with van der Waals surface area (Å²) in [6, 6.07) is 1.90. The lowest BCUT2D eigenvalue weighted by Crippen LogP contribution is -1.85. The molecular weight excluding hydrogens is 184 g/mol. The van der Waals surface area contributed by atoms with Gasteiger partial charge in [-0.3, -0.25) is 0 Å². The Morgan fingerprint density at radius 3 is 2.92 bits per heavy atom. The van der Waals surface area contributed by atoms with E-state index < -0.39 is 0 Å². The third-order valence-corrected chi connectivity index (χ3v) is 2.55. The average molecular weight is 195 g/mol. The molecule has 0 unspecified atom stereocenters. The van der Waals surface area contributed by atoms with Crippen molar-refractivity contribution in [2.75, 3.05) is 0 Å². The molecule has 2 nitrogen and oxygen atoms in total. The Hall–Kier alpha value is -1.02. The Balaban J connectivity index is 2.70. The molecule has 0 aliphatic rings. The fraction of sp³-hybridized carbons (Fsp3) is 0.300. The molecule has 0 spiro atoms. The summed E-state index contributed by atoms with van der Waals surface area (Å²) in [4.78, 5) is 4.41. The van der Waals surface area contributed by atoms with Gasteiger partial charge in [-0.2, -0.15) is 0 Å². The molecule has 13 heavy (non-hydrogen) atoms. The summed E-state index contributed by atoms with van der Waals surface area (Å²) in [5.41, 5.74) is 3.10. The zero-order chi connectivity index (χ0) is 9.42. The van der Waals surface area contributed by atoms with Crippen LogP contribution in [0.3, 0.4) is 0 Å². The minimum Gasteiger partial charge on any atom is -0.306 e. The normalized spacial score (nSPS) is 11.0. The summed E-state index contributed by atoms with van der Waals surface area (Å²) in [7, 11) is 0. The molecule has 3 heteroatoms. The highest BCUT2D eigenvalue weighted by atomic mass is 35.5. The molecule has 0 fully saturated rings. The van der Waals surface area contributed by atoms with Gasteiger partial charge in [-0.15, -0.1) is 0 Å². The van der Waals surface area contributed by atoms with E-state index in [4.69, 9.17) is 11.6 Å². The third kappa shape index (κ3) is 1.42. The van der Waals surface area contributed by atoms with E-state index in [-0.39, 0.29) is 0 Å². The molecule has 68 valence electrons. The van der Waals surface area contributed by atoms with Gasteiger partial charge in [0.2, 0.25) is 0 Å². The Labute approximate surface area is 82.2 Å². The second-order valence-corrected chi connectivity index (χ2v) is 3.56. The van der Waals surface area contributed by atoms with Gasteiger partial charge in [0, 0.05) is 23.5 Å². The number of aromatic nitrogens is 2. The minimum atomic E-state index is 0.778. The lowest BCUT2D eigenvalue weighted by molar-refractivity contribution is 1.07. The molecule has 0 saturated carbocycles. The van der Waals surface area contributed by atoms with Gasteiger partial charge < -0.3 is 4.40 Å². The number of hydrogen-bond donors (Lipinski definition) is 0. The van der Waals surface area contributed by atoms with E-state index in [9.17, 15) is 0 Å². The van der Waals surface area contributed by atoms with Gasteiger partial charge in [0.1, 0.15) is 5.65 Å². The van der Waals surface area contributed by atoms with Gasteiger partial charge in [0.15, 0.2) is 0 Å². The summed E-state index contributed by atoms with van der Waals surface area (Å²) in [6.07, 6.45) is 5.00. The SMILES string of the molecule is CCc1cn2cc(C)c(Cl)cc2n1. The molecular formula is C10H11ClN2. The first-order chi connectivity index (χ1) is 6.20. The van der Waals surface area contributed by atoms with Crippen molar-refractivity contribution in [1.82, 2.24) is 9.38 Å². The van der Waals surface area contributed by atoms with Crippen molar-refractivity contribution >= 4 is 17.2 Å². The molecule has 2 aromatic rings. The lowest BCUT2D eigenvalue weighted by atomic mass is 10.3. The summed E-state index contributed by atoms with van der Waals surface area (Å²) in [5, 5.41) is 0.778. The van der Waals surface area contributed by atoms with Crippen LogP contribution >= 0.6 is 11.6 Å². The summed E-state index contributed by atoms with van der Waals surface area (Å²) in [5.74, 6) is 0. The average Bonchev–Trinajstić information content (AvgIpc) is 2.48. The van der Waals surface area contributed by atoms with Gasteiger partial charge in [-0.05, 0) is 18.9 Å². The Bertz CT molecular complexity index is 406. The fourth-order valence-corrected chi connectivity index (χ4v) is 1.48. The molecule has 2 heterocycles. The highest BCUT2D eigenvalue weighted by molar-refractivity contribution is 6.31. The predicted octanol–water partition coefficient (Wildman–Crippen LogP) is 2.86. The van der Waals surface area contributed by atoms with Gasteiger partial charge in [0.25, 0.3) is 0 Å². The molecule has 0 N–H and O–H groups in total. The standard InChI is InChI=1S/C10H11ClN2/c1-3-8-6-13-5-7(2)9(11)4-10(13)12-8/h4-6H,3H2,1-2H3. The number of halogens is 1. The van der Waals surface area contributed by atoms with E-state index in [0.29, 0.717) is 0 Å². The van der Waals surface area contributed by atoms with E-state index in [1.54, 1.807) is 0 Å². The quantitative estimate of drug-likeness (QED) is 0.683. The van der Waals surface area contributed by atoms with Crippen LogP contribution in [0.15, 0.2) is 18.5 Å². The van der Waals surface area contributed by atoms with Crippen molar-refractivity contribution < 1.29 is 0 Å². The molecule has 0 saturated heterocycles. The lowest BCUT2D eigenvalue weighted by Gasteiger charge is -1.97. The molecule has 0 aliphatic heterocycles. The zero-order valence-corrected chi connectivity index (χ0v) is 8.47. The Morgan fingerprint density at radius 2 is 2.23 bits per heavy atom. The van der Waals surface area contributed by atoms with Crippen LogP contribution in [0, 0.1) is 6.92 Å². The van der Waals surface area contributed by atoms with Gasteiger partial charge >= 0.3 is 0 Å². The second-order valence-electron chi connectivity index (χ2n) is 3.16. The van der Waals surface area contributed by atoms with Crippen LogP contribution in [-0.4, -0.2) is 9.38 Å². The van der Waals surface area contributed by atoms with Crippen LogP contribution in [0.4, 0.5) is 0 Å². The number of nitrogens with zero attached hydrogens (tertiary/aromatic N) is 2. The first kappa shape index (κ1) is 8.57. The topological polar surface area (TPSA) is 17.3 Å². The predicted molar refractivity (Wildman–Crippen MR) is 54.3 cm³/mol. The van der Waals surface area contributed by atoms with Gasteiger partial charge in [-0.25, -0.2) is 4.98 Å². The number of hydrogen-bond acceptors (Lipinski definition) is 1. The minimum absolute atomic E-state index is 0.778. The highest BCUT2D eigenvalue weighted by Crippen LogP contribution is 2.17. The molecule has 2 rings (SSSR count). The number of pyridine rings is 1. The number of imidazole rings is 1. The molecule has 0 aromatic carbocycles. The van der Waals surface area contributed by atoms with Crippen LogP contribution in [0.25, 0.3) is 5.65 Å². The van der Waals surface area contributed by atoms with Crippen LogP contribution in [0.5, 0.6) is 0 Å². The monoisotopic (exact) mass is 194 g/mol. The Morgan fingerprint density at radius 1 is 1.46 bits per heavy atom. The fourth-order valence-electron chi connectivity index (χ4n) is 1.34. The van der Waals surface area contributed by atoms with Crippen molar-refractivity contribution in [2.45, 2.75) is 20.3 Å². The summed E-state index contributed by atoms with van der Waals surface area (Å²) >= 11 is 5.99. The maximum absolute atomic E-state index is 5.99. The first-order valence-corrected chi connectivity index (χ1v) is 4.72. The van der Waals surface area contributed by atoms with Crippen LogP contribution in [0.2, 0.25) is 5.02 Å². The zero-order valence-electron chi connectivity index (χ0n) is 7.71. The number of rotatable bonds is 1. The second kappa shape index (κ2) is 3.04. The molecule has 2 aromatic heterocycles. The maximum Gasteiger partial charge on any atom is 0.138 e. The number of fused-ring (bicyclic) bond motifs is 1. The summed E-state index contributed by atoms with van der Waals surface area (Å²) < 4.78 is 2.01. The van der Waals surface area contributed by atoms with Crippen LogP contribution < -0.4 is 0 Å².